The standard InChI is InChI=1S/C23H33N/c1-6-11-22(5)12-14-23(15-13-22)16-17-24(19(23)4)21-9-7-20(8-10-21)18(2)3/h6-10,18H,1,4,11-17H2,2-3,5H3. The largest absolute Gasteiger partial charge is 0.345 e. The summed E-state index contributed by atoms with van der Waals surface area (Å²) >= 11 is 0. The fourth-order valence-electron chi connectivity index (χ4n) is 4.64. The molecule has 1 aliphatic carbocycles. The predicted molar refractivity (Wildman–Crippen MR) is 105 cm³/mol. The van der Waals surface area contributed by atoms with Crippen molar-refractivity contribution < 1.29 is 0 Å². The normalized spacial score (nSPS) is 30.3. The van der Waals surface area contributed by atoms with Crippen molar-refractivity contribution in [1.82, 2.24) is 0 Å². The molecule has 0 atom stereocenters. The highest BCUT2D eigenvalue weighted by molar-refractivity contribution is 5.56. The molecule has 0 bridgehead atoms. The van der Waals surface area contributed by atoms with Crippen LogP contribution in [0.2, 0.25) is 0 Å². The van der Waals surface area contributed by atoms with Crippen LogP contribution in [0.5, 0.6) is 0 Å². The Labute approximate surface area is 148 Å². The highest BCUT2D eigenvalue weighted by atomic mass is 15.2. The second-order valence-corrected chi connectivity index (χ2v) is 8.68. The third-order valence-corrected chi connectivity index (χ3v) is 6.67. The van der Waals surface area contributed by atoms with Crippen LogP contribution >= 0.6 is 0 Å². The van der Waals surface area contributed by atoms with E-state index in [1.165, 1.54) is 49.1 Å². The van der Waals surface area contributed by atoms with Crippen molar-refractivity contribution in [3.63, 3.8) is 0 Å². The maximum atomic E-state index is 4.55. The fourth-order valence-corrected chi connectivity index (χ4v) is 4.64. The Morgan fingerprint density at radius 3 is 2.25 bits per heavy atom. The molecule has 3 rings (SSSR count). The summed E-state index contributed by atoms with van der Waals surface area (Å²) in [6, 6.07) is 9.12. The number of rotatable bonds is 4. The molecule has 1 aromatic carbocycles. The van der Waals surface area contributed by atoms with Crippen molar-refractivity contribution in [1.29, 1.82) is 0 Å². The average molecular weight is 324 g/mol. The molecule has 1 saturated carbocycles. The zero-order valence-corrected chi connectivity index (χ0v) is 15.8. The van der Waals surface area contributed by atoms with Gasteiger partial charge in [0.25, 0.3) is 0 Å². The molecular formula is C23H33N. The number of allylic oxidation sites excluding steroid dienone is 2. The van der Waals surface area contributed by atoms with Gasteiger partial charge in [0.05, 0.1) is 0 Å². The van der Waals surface area contributed by atoms with Gasteiger partial charge >= 0.3 is 0 Å². The van der Waals surface area contributed by atoms with Crippen LogP contribution in [0.25, 0.3) is 0 Å². The Morgan fingerprint density at radius 2 is 1.71 bits per heavy atom. The predicted octanol–water partition coefficient (Wildman–Crippen LogP) is 6.68. The van der Waals surface area contributed by atoms with Crippen LogP contribution in [-0.4, -0.2) is 6.54 Å². The monoisotopic (exact) mass is 323 g/mol. The summed E-state index contributed by atoms with van der Waals surface area (Å²) in [6.07, 6.45) is 9.70. The molecule has 2 aliphatic rings. The molecule has 1 aliphatic heterocycles. The van der Waals surface area contributed by atoms with E-state index in [2.05, 4.69) is 69.2 Å². The fraction of sp³-hybridized carbons (Fsp3) is 0.565. The van der Waals surface area contributed by atoms with Crippen LogP contribution in [0.3, 0.4) is 0 Å². The number of anilines is 1. The molecule has 1 spiro atoms. The Hall–Kier alpha value is -1.50. The van der Waals surface area contributed by atoms with Gasteiger partial charge in [-0.1, -0.05) is 45.6 Å². The molecular weight excluding hydrogens is 290 g/mol. The van der Waals surface area contributed by atoms with Gasteiger partial charge in [0, 0.05) is 23.3 Å². The van der Waals surface area contributed by atoms with Gasteiger partial charge in [0.2, 0.25) is 0 Å². The number of benzene rings is 1. The topological polar surface area (TPSA) is 3.24 Å². The van der Waals surface area contributed by atoms with Gasteiger partial charge in [-0.15, -0.1) is 6.58 Å². The number of hydrogen-bond acceptors (Lipinski definition) is 1. The maximum absolute atomic E-state index is 4.55. The minimum atomic E-state index is 0.345. The summed E-state index contributed by atoms with van der Waals surface area (Å²) < 4.78 is 0. The smallest absolute Gasteiger partial charge is 0.0408 e. The molecule has 0 N–H and O–H groups in total. The van der Waals surface area contributed by atoms with Crippen LogP contribution in [0.1, 0.15) is 70.8 Å². The highest BCUT2D eigenvalue weighted by Crippen LogP contribution is 2.56. The molecule has 0 amide bonds. The minimum absolute atomic E-state index is 0.345. The summed E-state index contributed by atoms with van der Waals surface area (Å²) in [6.45, 7) is 16.6. The molecule has 0 unspecified atom stereocenters. The molecule has 1 saturated heterocycles. The van der Waals surface area contributed by atoms with E-state index in [1.807, 2.05) is 0 Å². The van der Waals surface area contributed by atoms with E-state index in [0.29, 0.717) is 16.7 Å². The molecule has 1 aromatic rings. The van der Waals surface area contributed by atoms with Crippen molar-refractivity contribution in [3.8, 4) is 0 Å². The van der Waals surface area contributed by atoms with E-state index in [4.69, 9.17) is 0 Å². The van der Waals surface area contributed by atoms with Crippen LogP contribution < -0.4 is 4.90 Å². The molecule has 1 nitrogen and oxygen atoms in total. The van der Waals surface area contributed by atoms with Crippen molar-refractivity contribution in [3.05, 3.63) is 54.8 Å². The molecule has 130 valence electrons. The lowest BCUT2D eigenvalue weighted by Crippen LogP contribution is -2.33. The Bertz CT molecular complexity index is 599. The summed E-state index contributed by atoms with van der Waals surface area (Å²) in [5.74, 6) is 0.591. The van der Waals surface area contributed by atoms with Crippen molar-refractivity contribution in [2.45, 2.75) is 65.2 Å². The highest BCUT2D eigenvalue weighted by Gasteiger charge is 2.46. The lowest BCUT2D eigenvalue weighted by Gasteiger charge is -2.43. The first-order valence-corrected chi connectivity index (χ1v) is 9.57. The first-order chi connectivity index (χ1) is 11.4. The van der Waals surface area contributed by atoms with E-state index in [-0.39, 0.29) is 0 Å². The summed E-state index contributed by atoms with van der Waals surface area (Å²) in [4.78, 5) is 2.47. The second-order valence-electron chi connectivity index (χ2n) is 8.68. The van der Waals surface area contributed by atoms with E-state index in [1.54, 1.807) is 0 Å². The summed E-state index contributed by atoms with van der Waals surface area (Å²) in [5, 5.41) is 0. The second kappa shape index (κ2) is 6.43. The average Bonchev–Trinajstić information content (AvgIpc) is 2.88. The van der Waals surface area contributed by atoms with Gasteiger partial charge in [-0.05, 0) is 67.6 Å². The van der Waals surface area contributed by atoms with E-state index < -0.39 is 0 Å². The van der Waals surface area contributed by atoms with Crippen molar-refractivity contribution in [2.24, 2.45) is 10.8 Å². The van der Waals surface area contributed by atoms with Gasteiger partial charge < -0.3 is 4.90 Å². The van der Waals surface area contributed by atoms with Crippen LogP contribution in [-0.2, 0) is 0 Å². The molecule has 2 fully saturated rings. The third kappa shape index (κ3) is 3.06. The molecule has 0 aromatic heterocycles. The minimum Gasteiger partial charge on any atom is -0.345 e. The molecule has 1 heterocycles. The Kier molecular flexibility index (Phi) is 4.64. The number of nitrogens with zero attached hydrogens (tertiary/aromatic N) is 1. The van der Waals surface area contributed by atoms with E-state index in [0.717, 1.165) is 13.0 Å². The first kappa shape index (κ1) is 17.3. The van der Waals surface area contributed by atoms with Gasteiger partial charge in [-0.25, -0.2) is 0 Å². The van der Waals surface area contributed by atoms with Crippen molar-refractivity contribution in [2.75, 3.05) is 11.4 Å². The number of hydrogen-bond donors (Lipinski definition) is 0. The molecule has 24 heavy (non-hydrogen) atoms. The van der Waals surface area contributed by atoms with Gasteiger partial charge in [0.15, 0.2) is 0 Å². The van der Waals surface area contributed by atoms with Gasteiger partial charge in [-0.3, -0.25) is 0 Å². The summed E-state index contributed by atoms with van der Waals surface area (Å²) in [5.41, 5.74) is 4.90. The van der Waals surface area contributed by atoms with E-state index >= 15 is 0 Å². The van der Waals surface area contributed by atoms with Crippen molar-refractivity contribution >= 4 is 5.69 Å². The molecule has 1 heteroatoms. The SMILES string of the molecule is C=CCC1(C)CCC2(CCN(c3ccc(C(C)C)cc3)C2=C)CC1. The zero-order chi connectivity index (χ0) is 17.4. The van der Waals surface area contributed by atoms with Crippen LogP contribution in [0.15, 0.2) is 49.2 Å². The van der Waals surface area contributed by atoms with Gasteiger partial charge in [-0.2, -0.15) is 0 Å². The maximum Gasteiger partial charge on any atom is 0.0408 e. The van der Waals surface area contributed by atoms with Crippen LogP contribution in [0.4, 0.5) is 5.69 Å². The van der Waals surface area contributed by atoms with Crippen LogP contribution in [0, 0.1) is 10.8 Å². The summed E-state index contributed by atoms with van der Waals surface area (Å²) in [7, 11) is 0. The molecule has 0 radical (unpaired) electrons. The Morgan fingerprint density at radius 1 is 1.08 bits per heavy atom. The first-order valence-electron chi connectivity index (χ1n) is 9.57. The zero-order valence-electron chi connectivity index (χ0n) is 15.8. The third-order valence-electron chi connectivity index (χ3n) is 6.67. The quantitative estimate of drug-likeness (QED) is 0.559. The lowest BCUT2D eigenvalue weighted by molar-refractivity contribution is 0.124. The Balaban J connectivity index is 1.72. The van der Waals surface area contributed by atoms with E-state index in [9.17, 15) is 0 Å². The lowest BCUT2D eigenvalue weighted by atomic mass is 9.62. The van der Waals surface area contributed by atoms with Gasteiger partial charge in [0.1, 0.15) is 0 Å².